The third-order valence-corrected chi connectivity index (χ3v) is 4.85. The lowest BCUT2D eigenvalue weighted by atomic mass is 10.2. The topological polar surface area (TPSA) is 51.2 Å². The van der Waals surface area contributed by atoms with Gasteiger partial charge in [0.05, 0.1) is 19.2 Å². The van der Waals surface area contributed by atoms with Crippen LogP contribution in [0.2, 0.25) is 5.02 Å². The van der Waals surface area contributed by atoms with Gasteiger partial charge in [-0.05, 0) is 30.3 Å². The van der Waals surface area contributed by atoms with Crippen LogP contribution in [0.25, 0.3) is 0 Å². The van der Waals surface area contributed by atoms with E-state index in [1.54, 1.807) is 26.4 Å². The van der Waals surface area contributed by atoms with Crippen molar-refractivity contribution in [3.63, 3.8) is 0 Å². The van der Waals surface area contributed by atoms with Gasteiger partial charge in [-0.3, -0.25) is 4.79 Å². The summed E-state index contributed by atoms with van der Waals surface area (Å²) < 4.78 is 16.1. The van der Waals surface area contributed by atoms with Gasteiger partial charge in [0.25, 0.3) is 5.91 Å². The van der Waals surface area contributed by atoms with Crippen molar-refractivity contribution in [2.24, 2.45) is 0 Å². The van der Waals surface area contributed by atoms with Crippen molar-refractivity contribution in [3.8, 4) is 17.2 Å². The minimum Gasteiger partial charge on any atom is -0.495 e. The average Bonchev–Trinajstić information content (AvgIpc) is 2.72. The fourth-order valence-corrected chi connectivity index (χ4v) is 3.29. The Morgan fingerprint density at radius 3 is 2.26 bits per heavy atom. The summed E-state index contributed by atoms with van der Waals surface area (Å²) in [6.07, 6.45) is 0. The Labute approximate surface area is 164 Å². The summed E-state index contributed by atoms with van der Waals surface area (Å²) in [5.74, 6) is 1.81. The minimum atomic E-state index is -0.0340. The summed E-state index contributed by atoms with van der Waals surface area (Å²) in [5.41, 5.74) is 1.03. The van der Waals surface area contributed by atoms with Gasteiger partial charge in [0, 0.05) is 31.9 Å². The number of hydrogen-bond acceptors (Lipinski definition) is 5. The molecule has 1 fully saturated rings. The number of rotatable bonds is 6. The van der Waals surface area contributed by atoms with Crippen LogP contribution in [0.15, 0.2) is 42.5 Å². The van der Waals surface area contributed by atoms with Crippen molar-refractivity contribution in [2.45, 2.75) is 0 Å². The van der Waals surface area contributed by atoms with Gasteiger partial charge in [-0.15, -0.1) is 0 Å². The number of hydrogen-bond donors (Lipinski definition) is 0. The lowest BCUT2D eigenvalue weighted by Crippen LogP contribution is -2.50. The molecular weight excluding hydrogens is 368 g/mol. The molecule has 0 N–H and O–H groups in total. The Balaban J connectivity index is 1.52. The first-order valence-electron chi connectivity index (χ1n) is 8.74. The molecule has 2 aromatic rings. The third-order valence-electron chi connectivity index (χ3n) is 4.55. The second-order valence-corrected chi connectivity index (χ2v) is 6.53. The molecule has 1 aliphatic rings. The number of methoxy groups -OCH3 is 2. The molecule has 1 amide bonds. The summed E-state index contributed by atoms with van der Waals surface area (Å²) in [7, 11) is 3.17. The standard InChI is InChI=1S/C20H23ClN2O4/c1-25-17-8-7-15(13-16(17)21)22-9-11-23(12-10-22)20(24)14-27-19-6-4-3-5-18(19)26-2/h3-8,13H,9-12,14H2,1-2H3. The first-order chi connectivity index (χ1) is 13.1. The molecule has 144 valence electrons. The van der Waals surface area contributed by atoms with Crippen LogP contribution in [-0.2, 0) is 4.79 Å². The number of para-hydroxylation sites is 2. The number of nitrogens with zero attached hydrogens (tertiary/aromatic N) is 2. The highest BCUT2D eigenvalue weighted by Crippen LogP contribution is 2.30. The predicted molar refractivity (Wildman–Crippen MR) is 105 cm³/mol. The van der Waals surface area contributed by atoms with E-state index in [-0.39, 0.29) is 12.5 Å². The lowest BCUT2D eigenvalue weighted by Gasteiger charge is -2.36. The second-order valence-electron chi connectivity index (χ2n) is 6.13. The zero-order valence-electron chi connectivity index (χ0n) is 15.5. The van der Waals surface area contributed by atoms with Gasteiger partial charge in [0.2, 0.25) is 0 Å². The molecule has 2 aromatic carbocycles. The number of carbonyl (C=O) groups excluding carboxylic acids is 1. The van der Waals surface area contributed by atoms with Crippen molar-refractivity contribution in [3.05, 3.63) is 47.5 Å². The van der Waals surface area contributed by atoms with Crippen LogP contribution in [0.5, 0.6) is 17.2 Å². The van der Waals surface area contributed by atoms with Crippen molar-refractivity contribution in [1.29, 1.82) is 0 Å². The SMILES string of the molecule is COc1ccc(N2CCN(C(=O)COc3ccccc3OC)CC2)cc1Cl. The van der Waals surface area contributed by atoms with Crippen LogP contribution in [0.3, 0.4) is 0 Å². The second kappa shape index (κ2) is 8.86. The van der Waals surface area contributed by atoms with E-state index in [2.05, 4.69) is 4.90 Å². The molecule has 7 heteroatoms. The molecule has 1 saturated heterocycles. The fraction of sp³-hybridized carbons (Fsp3) is 0.350. The average molecular weight is 391 g/mol. The largest absolute Gasteiger partial charge is 0.495 e. The number of benzene rings is 2. The van der Waals surface area contributed by atoms with Crippen molar-refractivity contribution < 1.29 is 19.0 Å². The van der Waals surface area contributed by atoms with Crippen molar-refractivity contribution >= 4 is 23.2 Å². The molecule has 3 rings (SSSR count). The number of anilines is 1. The molecule has 0 bridgehead atoms. The van der Waals surface area contributed by atoms with Crippen LogP contribution >= 0.6 is 11.6 Å². The molecule has 27 heavy (non-hydrogen) atoms. The lowest BCUT2D eigenvalue weighted by molar-refractivity contribution is -0.133. The number of amides is 1. The fourth-order valence-electron chi connectivity index (χ4n) is 3.03. The van der Waals surface area contributed by atoms with Crippen molar-refractivity contribution in [2.75, 3.05) is 51.9 Å². The Kier molecular flexibility index (Phi) is 6.29. The maximum absolute atomic E-state index is 12.5. The van der Waals surface area contributed by atoms with Gasteiger partial charge in [0.1, 0.15) is 5.75 Å². The van der Waals surface area contributed by atoms with Gasteiger partial charge >= 0.3 is 0 Å². The number of halogens is 1. The highest BCUT2D eigenvalue weighted by molar-refractivity contribution is 6.32. The third kappa shape index (κ3) is 4.57. The molecule has 0 spiro atoms. The molecule has 0 aliphatic carbocycles. The Hall–Kier alpha value is -2.60. The van der Waals surface area contributed by atoms with Gasteiger partial charge in [0.15, 0.2) is 18.1 Å². The van der Waals surface area contributed by atoms with E-state index < -0.39 is 0 Å². The van der Waals surface area contributed by atoms with E-state index in [4.69, 9.17) is 25.8 Å². The van der Waals surface area contributed by atoms with E-state index in [0.717, 1.165) is 18.8 Å². The quantitative estimate of drug-likeness (QED) is 0.758. The zero-order chi connectivity index (χ0) is 19.2. The highest BCUT2D eigenvalue weighted by Gasteiger charge is 2.22. The van der Waals surface area contributed by atoms with E-state index in [1.807, 2.05) is 35.2 Å². The molecule has 0 saturated carbocycles. The van der Waals surface area contributed by atoms with Crippen molar-refractivity contribution in [1.82, 2.24) is 4.90 Å². The maximum atomic E-state index is 12.5. The molecule has 0 aromatic heterocycles. The minimum absolute atomic E-state index is 0.00522. The predicted octanol–water partition coefficient (Wildman–Crippen LogP) is 3.08. The van der Waals surface area contributed by atoms with Gasteiger partial charge in [-0.1, -0.05) is 23.7 Å². The van der Waals surface area contributed by atoms with Gasteiger partial charge in [-0.25, -0.2) is 0 Å². The van der Waals surface area contributed by atoms with E-state index in [9.17, 15) is 4.79 Å². The van der Waals surface area contributed by atoms with Crippen LogP contribution in [0.4, 0.5) is 5.69 Å². The highest BCUT2D eigenvalue weighted by atomic mass is 35.5. The Morgan fingerprint density at radius 2 is 1.63 bits per heavy atom. The summed E-state index contributed by atoms with van der Waals surface area (Å²) >= 11 is 6.21. The summed E-state index contributed by atoms with van der Waals surface area (Å²) in [6, 6.07) is 13.0. The summed E-state index contributed by atoms with van der Waals surface area (Å²) in [4.78, 5) is 16.5. The first kappa shape index (κ1) is 19.2. The van der Waals surface area contributed by atoms with E-state index >= 15 is 0 Å². The summed E-state index contributed by atoms with van der Waals surface area (Å²) in [5, 5.41) is 0.582. The molecule has 0 atom stereocenters. The summed E-state index contributed by atoms with van der Waals surface area (Å²) in [6.45, 7) is 2.75. The monoisotopic (exact) mass is 390 g/mol. The molecular formula is C20H23ClN2O4. The van der Waals surface area contributed by atoms with Crippen LogP contribution < -0.4 is 19.1 Å². The molecule has 0 unspecified atom stereocenters. The molecule has 0 radical (unpaired) electrons. The van der Waals surface area contributed by atoms with Crippen LogP contribution in [0.1, 0.15) is 0 Å². The van der Waals surface area contributed by atoms with Crippen LogP contribution in [0, 0.1) is 0 Å². The van der Waals surface area contributed by atoms with Crippen LogP contribution in [-0.4, -0.2) is 57.8 Å². The Bertz CT molecular complexity index is 791. The smallest absolute Gasteiger partial charge is 0.260 e. The Morgan fingerprint density at radius 1 is 0.963 bits per heavy atom. The number of ether oxygens (including phenoxy) is 3. The zero-order valence-corrected chi connectivity index (χ0v) is 16.2. The molecule has 1 heterocycles. The normalized spacial score (nSPS) is 14.0. The van der Waals surface area contributed by atoms with Gasteiger partial charge in [-0.2, -0.15) is 0 Å². The first-order valence-corrected chi connectivity index (χ1v) is 9.12. The number of carbonyl (C=O) groups is 1. The maximum Gasteiger partial charge on any atom is 0.260 e. The van der Waals surface area contributed by atoms with E-state index in [0.29, 0.717) is 35.4 Å². The molecule has 6 nitrogen and oxygen atoms in total. The van der Waals surface area contributed by atoms with Gasteiger partial charge < -0.3 is 24.0 Å². The molecule has 1 aliphatic heterocycles. The number of piperazine rings is 1. The van der Waals surface area contributed by atoms with E-state index in [1.165, 1.54) is 0 Å².